The zero-order chi connectivity index (χ0) is 10.4. The monoisotopic (exact) mass is 207 g/mol. The highest BCUT2D eigenvalue weighted by molar-refractivity contribution is 6.28. The van der Waals surface area contributed by atoms with Crippen molar-refractivity contribution in [1.82, 2.24) is 0 Å². The Bertz CT molecular complexity index is 229. The molecule has 74 valence electrons. The highest BCUT2D eigenvalue weighted by Gasteiger charge is 2.14. The molecule has 6 heteroatoms. The third kappa shape index (κ3) is 6.12. The highest BCUT2D eigenvalue weighted by atomic mass is 35.5. The fourth-order valence-corrected chi connectivity index (χ4v) is 0.657. The van der Waals surface area contributed by atoms with Gasteiger partial charge < -0.3 is 15.6 Å². The van der Waals surface area contributed by atoms with Crippen LogP contribution in [0.2, 0.25) is 0 Å². The minimum absolute atomic E-state index is 0.0122. The third-order valence-electron chi connectivity index (χ3n) is 1.20. The maximum Gasteiger partial charge on any atom is 0.320 e. The van der Waals surface area contributed by atoms with E-state index in [2.05, 4.69) is 11.3 Å². The van der Waals surface area contributed by atoms with Gasteiger partial charge in [-0.3, -0.25) is 9.59 Å². The maximum absolute atomic E-state index is 10.8. The molecule has 0 aliphatic rings. The van der Waals surface area contributed by atoms with Gasteiger partial charge in [0.05, 0.1) is 0 Å². The molecule has 0 saturated carbocycles. The van der Waals surface area contributed by atoms with Crippen molar-refractivity contribution >= 4 is 23.5 Å². The molecule has 0 amide bonds. The van der Waals surface area contributed by atoms with Gasteiger partial charge in [0.2, 0.25) is 0 Å². The van der Waals surface area contributed by atoms with Gasteiger partial charge in [0.15, 0.2) is 5.22 Å². The average molecular weight is 208 g/mol. The van der Waals surface area contributed by atoms with Crippen LogP contribution in [0.4, 0.5) is 0 Å². The number of carboxylic acids is 1. The molecule has 5 nitrogen and oxygen atoms in total. The normalized spacial score (nSPS) is 11.8. The highest BCUT2D eigenvalue weighted by Crippen LogP contribution is 2.04. The summed E-state index contributed by atoms with van der Waals surface area (Å²) in [7, 11) is 0. The summed E-state index contributed by atoms with van der Waals surface area (Å²) >= 11 is 5.17. The fraction of sp³-hybridized carbons (Fsp3) is 0.429. The summed E-state index contributed by atoms with van der Waals surface area (Å²) in [6, 6.07) is -1.06. The number of carbonyl (C=O) groups excluding carboxylic acids is 1. The summed E-state index contributed by atoms with van der Waals surface area (Å²) in [5.74, 6) is -1.80. The van der Waals surface area contributed by atoms with Crippen LogP contribution in [0.25, 0.3) is 0 Å². The maximum atomic E-state index is 10.8. The molecule has 0 saturated heterocycles. The number of carboxylic acid groups (broad SMARTS) is 1. The molecule has 1 atom stereocenters. The Labute approximate surface area is 80.1 Å². The van der Waals surface area contributed by atoms with E-state index < -0.39 is 18.0 Å². The standard InChI is InChI=1S/C7H10ClNO4/c1-4(8)13-6(10)3-2-5(9)7(11)12/h5H,1-3,9H2,(H,11,12)/t5-/m0/s1. The quantitative estimate of drug-likeness (QED) is 0.504. The van der Waals surface area contributed by atoms with E-state index >= 15 is 0 Å². The molecule has 0 aliphatic carbocycles. The molecule has 13 heavy (non-hydrogen) atoms. The van der Waals surface area contributed by atoms with Crippen LogP contribution in [-0.4, -0.2) is 23.1 Å². The van der Waals surface area contributed by atoms with Crippen LogP contribution in [0.15, 0.2) is 11.8 Å². The van der Waals surface area contributed by atoms with Gasteiger partial charge in [-0.1, -0.05) is 0 Å². The van der Waals surface area contributed by atoms with E-state index in [1.807, 2.05) is 0 Å². The molecule has 0 aromatic carbocycles. The second-order valence-corrected chi connectivity index (χ2v) is 2.73. The lowest BCUT2D eigenvalue weighted by Crippen LogP contribution is -2.30. The van der Waals surface area contributed by atoms with Crippen molar-refractivity contribution < 1.29 is 19.4 Å². The summed E-state index contributed by atoms with van der Waals surface area (Å²) in [5, 5.41) is 8.11. The first-order valence-electron chi connectivity index (χ1n) is 3.47. The van der Waals surface area contributed by atoms with E-state index in [-0.39, 0.29) is 18.1 Å². The van der Waals surface area contributed by atoms with Crippen LogP contribution in [0, 0.1) is 0 Å². The van der Waals surface area contributed by atoms with Crippen molar-refractivity contribution in [3.63, 3.8) is 0 Å². The third-order valence-corrected chi connectivity index (χ3v) is 1.28. The number of aliphatic carboxylic acids is 1. The van der Waals surface area contributed by atoms with E-state index in [1.54, 1.807) is 0 Å². The van der Waals surface area contributed by atoms with Gasteiger partial charge in [-0.15, -0.1) is 0 Å². The Balaban J connectivity index is 3.70. The van der Waals surface area contributed by atoms with Gasteiger partial charge in [-0.05, 0) is 24.6 Å². The number of esters is 1. The van der Waals surface area contributed by atoms with Gasteiger partial charge >= 0.3 is 11.9 Å². The number of nitrogens with two attached hydrogens (primary N) is 1. The van der Waals surface area contributed by atoms with Crippen molar-refractivity contribution in [3.05, 3.63) is 11.8 Å². The average Bonchev–Trinajstić information content (AvgIpc) is 1.98. The van der Waals surface area contributed by atoms with Gasteiger partial charge in [-0.25, -0.2) is 0 Å². The second-order valence-electron chi connectivity index (χ2n) is 2.31. The minimum atomic E-state index is -1.16. The van der Waals surface area contributed by atoms with Crippen molar-refractivity contribution in [2.24, 2.45) is 5.73 Å². The zero-order valence-corrected chi connectivity index (χ0v) is 7.58. The largest absolute Gasteiger partial charge is 0.480 e. The summed E-state index contributed by atoms with van der Waals surface area (Å²) in [5.41, 5.74) is 5.13. The molecule has 0 rings (SSSR count). The molecule has 0 spiro atoms. The van der Waals surface area contributed by atoms with Gasteiger partial charge in [0.1, 0.15) is 6.04 Å². The molecule has 3 N–H and O–H groups in total. The number of hydrogen-bond acceptors (Lipinski definition) is 4. The van der Waals surface area contributed by atoms with Crippen molar-refractivity contribution in [3.8, 4) is 0 Å². The number of ether oxygens (including phenoxy) is 1. The van der Waals surface area contributed by atoms with E-state index in [9.17, 15) is 9.59 Å². The molecule has 0 bridgehead atoms. The first kappa shape index (κ1) is 11.9. The zero-order valence-electron chi connectivity index (χ0n) is 6.83. The topological polar surface area (TPSA) is 89.6 Å². The van der Waals surface area contributed by atoms with Crippen LogP contribution in [-0.2, 0) is 14.3 Å². The van der Waals surface area contributed by atoms with Gasteiger partial charge in [0, 0.05) is 6.42 Å². The lowest BCUT2D eigenvalue weighted by atomic mass is 10.2. The van der Waals surface area contributed by atoms with E-state index in [0.29, 0.717) is 0 Å². The van der Waals surface area contributed by atoms with E-state index in [1.165, 1.54) is 0 Å². The summed E-state index contributed by atoms with van der Waals surface area (Å²) in [6.45, 7) is 3.13. The van der Waals surface area contributed by atoms with Crippen LogP contribution in [0.3, 0.4) is 0 Å². The van der Waals surface area contributed by atoms with Gasteiger partial charge in [0.25, 0.3) is 0 Å². The molecule has 0 heterocycles. The lowest BCUT2D eigenvalue weighted by molar-refractivity contribution is -0.140. The summed E-state index contributed by atoms with van der Waals surface area (Å²) in [4.78, 5) is 21.0. The van der Waals surface area contributed by atoms with E-state index in [0.717, 1.165) is 0 Å². The van der Waals surface area contributed by atoms with Crippen LogP contribution in [0.1, 0.15) is 12.8 Å². The van der Waals surface area contributed by atoms with Crippen LogP contribution < -0.4 is 5.73 Å². The second kappa shape index (κ2) is 5.55. The van der Waals surface area contributed by atoms with Crippen molar-refractivity contribution in [2.75, 3.05) is 0 Å². The summed E-state index contributed by atoms with van der Waals surface area (Å²) in [6.07, 6.45) is -0.0858. The molecule has 0 aromatic rings. The molecule has 0 aromatic heterocycles. The molecular formula is C7H10ClNO4. The van der Waals surface area contributed by atoms with Gasteiger partial charge in [-0.2, -0.15) is 0 Å². The Morgan fingerprint density at radius 2 is 2.15 bits per heavy atom. The fourth-order valence-electron chi connectivity index (χ4n) is 0.571. The van der Waals surface area contributed by atoms with E-state index in [4.69, 9.17) is 22.4 Å². The Morgan fingerprint density at radius 3 is 2.54 bits per heavy atom. The molecule has 0 unspecified atom stereocenters. The Morgan fingerprint density at radius 1 is 1.62 bits per heavy atom. The predicted molar refractivity (Wildman–Crippen MR) is 45.9 cm³/mol. The number of halogens is 1. The van der Waals surface area contributed by atoms with Crippen molar-refractivity contribution in [2.45, 2.75) is 18.9 Å². The molecule has 0 radical (unpaired) electrons. The Kier molecular flexibility index (Phi) is 5.10. The van der Waals surface area contributed by atoms with Crippen LogP contribution >= 0.6 is 11.6 Å². The van der Waals surface area contributed by atoms with Crippen molar-refractivity contribution in [1.29, 1.82) is 0 Å². The Hall–Kier alpha value is -1.07. The lowest BCUT2D eigenvalue weighted by Gasteiger charge is -2.04. The van der Waals surface area contributed by atoms with Crippen LogP contribution in [0.5, 0.6) is 0 Å². The molecule has 0 fully saturated rings. The molecular weight excluding hydrogens is 198 g/mol. The number of hydrogen-bond donors (Lipinski definition) is 2. The number of rotatable bonds is 5. The smallest absolute Gasteiger partial charge is 0.320 e. The first-order chi connectivity index (χ1) is 5.93. The predicted octanol–water partition coefficient (Wildman–Crippen LogP) is 0.432. The SMILES string of the molecule is C=C(Cl)OC(=O)CC[C@H](N)C(=O)O. The first-order valence-corrected chi connectivity index (χ1v) is 3.84. The minimum Gasteiger partial charge on any atom is -0.480 e. The number of carbonyl (C=O) groups is 2. The molecule has 0 aliphatic heterocycles. The summed E-state index contributed by atoms with van der Waals surface area (Å²) < 4.78 is 4.36.